The maximum absolute atomic E-state index is 14.2. The lowest BCUT2D eigenvalue weighted by atomic mass is 9.96. The predicted octanol–water partition coefficient (Wildman–Crippen LogP) is 4.15. The Balaban J connectivity index is 2.12. The van der Waals surface area contributed by atoms with Gasteiger partial charge in [0.1, 0.15) is 6.17 Å². The van der Waals surface area contributed by atoms with Gasteiger partial charge in [-0.1, -0.05) is 35.7 Å². The van der Waals surface area contributed by atoms with Crippen LogP contribution in [0.1, 0.15) is 31.0 Å². The summed E-state index contributed by atoms with van der Waals surface area (Å²) in [5, 5.41) is 4.08. The number of halogens is 3. The molecule has 88 valence electrons. The zero-order chi connectivity index (χ0) is 11.5. The van der Waals surface area contributed by atoms with Crippen LogP contribution in [0.25, 0.3) is 0 Å². The largest absolute Gasteiger partial charge is 0.311 e. The normalized spacial score (nSPS) is 23.1. The van der Waals surface area contributed by atoms with Crippen molar-refractivity contribution in [3.63, 3.8) is 0 Å². The molecule has 1 nitrogen and oxygen atoms in total. The summed E-state index contributed by atoms with van der Waals surface area (Å²) >= 11 is 11.7. The topological polar surface area (TPSA) is 12.0 Å². The Morgan fingerprint density at radius 2 is 2.06 bits per heavy atom. The van der Waals surface area contributed by atoms with Crippen LogP contribution in [0.15, 0.2) is 18.2 Å². The average Bonchev–Trinajstić information content (AvgIpc) is 2.33. The lowest BCUT2D eigenvalue weighted by Gasteiger charge is -2.26. The Bertz CT molecular complexity index is 364. The highest BCUT2D eigenvalue weighted by molar-refractivity contribution is 6.42. The van der Waals surface area contributed by atoms with Gasteiger partial charge in [0.25, 0.3) is 0 Å². The van der Waals surface area contributed by atoms with E-state index in [1.807, 2.05) is 0 Å². The molecule has 0 aromatic heterocycles. The van der Waals surface area contributed by atoms with Gasteiger partial charge in [0.15, 0.2) is 0 Å². The summed E-state index contributed by atoms with van der Waals surface area (Å²) in [5.41, 5.74) is 0.605. The Morgan fingerprint density at radius 3 is 2.69 bits per heavy atom. The van der Waals surface area contributed by atoms with E-state index >= 15 is 0 Å². The third kappa shape index (κ3) is 2.68. The molecule has 0 radical (unpaired) electrons. The summed E-state index contributed by atoms with van der Waals surface area (Å²) in [6, 6.07) is 4.88. The number of piperidine rings is 1. The third-order valence-corrected chi connectivity index (χ3v) is 3.70. The molecule has 0 saturated carbocycles. The van der Waals surface area contributed by atoms with Crippen LogP contribution in [0.5, 0.6) is 0 Å². The quantitative estimate of drug-likeness (QED) is 0.844. The molecular formula is C12H14Cl2FN. The van der Waals surface area contributed by atoms with Crippen molar-refractivity contribution < 1.29 is 4.39 Å². The van der Waals surface area contributed by atoms with Crippen molar-refractivity contribution in [2.75, 3.05) is 6.54 Å². The van der Waals surface area contributed by atoms with Crippen molar-refractivity contribution in [3.05, 3.63) is 33.8 Å². The maximum Gasteiger partial charge on any atom is 0.140 e. The average molecular weight is 262 g/mol. The number of hydrogen-bond acceptors (Lipinski definition) is 1. The second-order valence-electron chi connectivity index (χ2n) is 4.13. The summed E-state index contributed by atoms with van der Waals surface area (Å²) in [7, 11) is 0. The van der Waals surface area contributed by atoms with Gasteiger partial charge in [0, 0.05) is 6.04 Å². The van der Waals surface area contributed by atoms with E-state index in [1.165, 1.54) is 0 Å². The molecule has 2 rings (SSSR count). The van der Waals surface area contributed by atoms with Gasteiger partial charge in [-0.2, -0.15) is 0 Å². The lowest BCUT2D eigenvalue weighted by Crippen LogP contribution is -2.37. The van der Waals surface area contributed by atoms with E-state index < -0.39 is 6.17 Å². The van der Waals surface area contributed by atoms with Crippen molar-refractivity contribution >= 4 is 23.2 Å². The SMILES string of the molecule is FC(c1ccc(Cl)c(Cl)c1)C1CCCCN1. The minimum atomic E-state index is -1.00. The minimum absolute atomic E-state index is 0.0917. The van der Waals surface area contributed by atoms with Crippen LogP contribution >= 0.6 is 23.2 Å². The molecule has 1 fully saturated rings. The zero-order valence-corrected chi connectivity index (χ0v) is 10.4. The van der Waals surface area contributed by atoms with Gasteiger partial charge in [0.05, 0.1) is 10.0 Å². The van der Waals surface area contributed by atoms with Gasteiger partial charge < -0.3 is 5.32 Å². The van der Waals surface area contributed by atoms with Crippen molar-refractivity contribution in [1.29, 1.82) is 0 Å². The Morgan fingerprint density at radius 1 is 1.25 bits per heavy atom. The number of hydrogen-bond donors (Lipinski definition) is 1. The van der Waals surface area contributed by atoms with E-state index in [-0.39, 0.29) is 6.04 Å². The lowest BCUT2D eigenvalue weighted by molar-refractivity contribution is 0.221. The summed E-state index contributed by atoms with van der Waals surface area (Å²) in [6.45, 7) is 0.895. The highest BCUT2D eigenvalue weighted by Gasteiger charge is 2.24. The zero-order valence-electron chi connectivity index (χ0n) is 8.85. The van der Waals surface area contributed by atoms with Crippen molar-refractivity contribution in [3.8, 4) is 0 Å². The first-order chi connectivity index (χ1) is 7.68. The van der Waals surface area contributed by atoms with Crippen LogP contribution in [-0.2, 0) is 0 Å². The molecule has 4 heteroatoms. The molecule has 1 heterocycles. The van der Waals surface area contributed by atoms with Crippen molar-refractivity contribution in [1.82, 2.24) is 5.32 Å². The van der Waals surface area contributed by atoms with Crippen LogP contribution in [0.4, 0.5) is 4.39 Å². The fourth-order valence-electron chi connectivity index (χ4n) is 2.04. The van der Waals surface area contributed by atoms with E-state index in [0.29, 0.717) is 15.6 Å². The Labute approximate surface area is 105 Å². The van der Waals surface area contributed by atoms with Gasteiger partial charge in [-0.05, 0) is 37.1 Å². The highest BCUT2D eigenvalue weighted by atomic mass is 35.5. The van der Waals surface area contributed by atoms with Crippen molar-refractivity contribution in [2.45, 2.75) is 31.5 Å². The maximum atomic E-state index is 14.2. The van der Waals surface area contributed by atoms with Crippen LogP contribution in [-0.4, -0.2) is 12.6 Å². The van der Waals surface area contributed by atoms with E-state index in [9.17, 15) is 4.39 Å². The molecule has 1 N–H and O–H groups in total. The van der Waals surface area contributed by atoms with E-state index in [4.69, 9.17) is 23.2 Å². The molecule has 1 aromatic rings. The van der Waals surface area contributed by atoms with E-state index in [1.54, 1.807) is 18.2 Å². The summed E-state index contributed by atoms with van der Waals surface area (Å²) in [6.07, 6.45) is 2.08. The standard InChI is InChI=1S/C12H14Cl2FN/c13-9-5-4-8(7-10(9)14)12(15)11-3-1-2-6-16-11/h4-5,7,11-12,16H,1-3,6H2. The Kier molecular flexibility index (Phi) is 4.06. The second-order valence-corrected chi connectivity index (χ2v) is 4.95. The number of rotatable bonds is 2. The minimum Gasteiger partial charge on any atom is -0.311 e. The molecule has 0 bridgehead atoms. The number of nitrogens with one attached hydrogen (secondary N) is 1. The fraction of sp³-hybridized carbons (Fsp3) is 0.500. The van der Waals surface area contributed by atoms with Crippen molar-refractivity contribution in [2.24, 2.45) is 0 Å². The van der Waals surface area contributed by atoms with Gasteiger partial charge >= 0.3 is 0 Å². The summed E-state index contributed by atoms with van der Waals surface area (Å²) in [4.78, 5) is 0. The number of alkyl halides is 1. The molecule has 0 amide bonds. The molecule has 1 aliphatic rings. The third-order valence-electron chi connectivity index (χ3n) is 2.96. The van der Waals surface area contributed by atoms with Crippen LogP contribution in [0.3, 0.4) is 0 Å². The monoisotopic (exact) mass is 261 g/mol. The van der Waals surface area contributed by atoms with E-state index in [2.05, 4.69) is 5.32 Å². The molecule has 0 aliphatic carbocycles. The first-order valence-electron chi connectivity index (χ1n) is 5.51. The molecule has 1 aromatic carbocycles. The molecule has 0 spiro atoms. The predicted molar refractivity (Wildman–Crippen MR) is 66.0 cm³/mol. The van der Waals surface area contributed by atoms with Crippen LogP contribution < -0.4 is 5.32 Å². The summed E-state index contributed by atoms with van der Waals surface area (Å²) in [5.74, 6) is 0. The molecule has 16 heavy (non-hydrogen) atoms. The second kappa shape index (κ2) is 5.35. The van der Waals surface area contributed by atoms with Gasteiger partial charge in [-0.15, -0.1) is 0 Å². The van der Waals surface area contributed by atoms with Gasteiger partial charge in [-0.3, -0.25) is 0 Å². The molecule has 1 aliphatic heterocycles. The first-order valence-corrected chi connectivity index (χ1v) is 6.26. The highest BCUT2D eigenvalue weighted by Crippen LogP contribution is 2.31. The summed E-state index contributed by atoms with van der Waals surface area (Å²) < 4.78 is 14.2. The first kappa shape index (κ1) is 12.2. The molecular weight excluding hydrogens is 248 g/mol. The van der Waals surface area contributed by atoms with Crippen LogP contribution in [0, 0.1) is 0 Å². The Hall–Kier alpha value is -0.310. The molecule has 2 atom stereocenters. The van der Waals surface area contributed by atoms with Gasteiger partial charge in [-0.25, -0.2) is 4.39 Å². The molecule has 1 saturated heterocycles. The van der Waals surface area contributed by atoms with Crippen LogP contribution in [0.2, 0.25) is 10.0 Å². The van der Waals surface area contributed by atoms with E-state index in [0.717, 1.165) is 25.8 Å². The van der Waals surface area contributed by atoms with Gasteiger partial charge in [0.2, 0.25) is 0 Å². The molecule has 2 unspecified atom stereocenters. The smallest absolute Gasteiger partial charge is 0.140 e. The fourth-order valence-corrected chi connectivity index (χ4v) is 2.35. The number of benzene rings is 1.